The monoisotopic (exact) mass is 340 g/mol. The van der Waals surface area contributed by atoms with E-state index in [0.29, 0.717) is 5.76 Å². The second-order valence-corrected chi connectivity index (χ2v) is 19.2. The van der Waals surface area contributed by atoms with Crippen LogP contribution in [0.2, 0.25) is 45.8 Å². The maximum Gasteiger partial charge on any atom is 0.541 e. The fourth-order valence-corrected chi connectivity index (χ4v) is 12.4. The Morgan fingerprint density at radius 1 is 0.810 bits per heavy atom. The van der Waals surface area contributed by atoms with Crippen molar-refractivity contribution < 1.29 is 12.7 Å². The second kappa shape index (κ2) is 6.62. The lowest BCUT2D eigenvalue weighted by molar-refractivity contribution is 0.248. The molecule has 1 aromatic rings. The van der Waals surface area contributed by atoms with Crippen molar-refractivity contribution >= 4 is 31.2 Å². The van der Waals surface area contributed by atoms with Gasteiger partial charge < -0.3 is 12.7 Å². The van der Waals surface area contributed by atoms with E-state index in [4.69, 9.17) is 12.7 Å². The van der Waals surface area contributed by atoms with Gasteiger partial charge in [0.15, 0.2) is 16.6 Å². The molecule has 0 radical (unpaired) electrons. The lowest BCUT2D eigenvalue weighted by atomic mass is 10.2. The maximum atomic E-state index is 6.30. The highest BCUT2D eigenvalue weighted by Gasteiger charge is 2.45. The molecule has 21 heavy (non-hydrogen) atoms. The number of rotatable bonds is 7. The van der Waals surface area contributed by atoms with Crippen molar-refractivity contribution in [2.24, 2.45) is 0 Å². The first-order valence-electron chi connectivity index (χ1n) is 7.24. The molecule has 0 fully saturated rings. The number of benzene rings is 1. The Kier molecular flexibility index (Phi) is 5.79. The molecule has 0 aromatic heterocycles. The molecule has 0 bridgehead atoms. The largest absolute Gasteiger partial charge is 0.541 e. The molecule has 0 N–H and O–H groups in total. The van der Waals surface area contributed by atoms with Gasteiger partial charge in [0.25, 0.3) is 0 Å². The van der Waals surface area contributed by atoms with Crippen LogP contribution in [-0.2, 0) is 12.7 Å². The van der Waals surface area contributed by atoms with Gasteiger partial charge in [0.1, 0.15) is 5.76 Å². The standard InChI is InChI=1S/C15H28O3Si3/c1-14(15-12-10-9-11-13-15)16-21(8,17-19(2,3)4)18-20(5,6)7/h9-13H,1H2,2-8H3. The fourth-order valence-electron chi connectivity index (χ4n) is 2.08. The smallest absolute Gasteiger partial charge is 0.502 e. The Balaban J connectivity index is 2.94. The fraction of sp³-hybridized carbons (Fsp3) is 0.467. The van der Waals surface area contributed by atoms with Crippen molar-refractivity contribution in [2.75, 3.05) is 0 Å². The van der Waals surface area contributed by atoms with Crippen LogP contribution in [0.3, 0.4) is 0 Å². The van der Waals surface area contributed by atoms with Gasteiger partial charge >= 0.3 is 8.80 Å². The average Bonchev–Trinajstić information content (AvgIpc) is 2.24. The third kappa shape index (κ3) is 7.23. The third-order valence-electron chi connectivity index (χ3n) is 2.39. The molecular formula is C15H28O3Si3. The maximum absolute atomic E-state index is 6.30. The van der Waals surface area contributed by atoms with Crippen molar-refractivity contribution in [3.8, 4) is 0 Å². The van der Waals surface area contributed by atoms with Crippen molar-refractivity contribution in [3.05, 3.63) is 42.5 Å². The molecule has 0 aliphatic rings. The van der Waals surface area contributed by atoms with Crippen LogP contribution in [0.15, 0.2) is 36.9 Å². The first kappa shape index (κ1) is 18.4. The van der Waals surface area contributed by atoms with E-state index >= 15 is 0 Å². The summed E-state index contributed by atoms with van der Waals surface area (Å²) in [4.78, 5) is 0. The van der Waals surface area contributed by atoms with Gasteiger partial charge in [-0.15, -0.1) is 0 Å². The Labute approximate surface area is 132 Å². The van der Waals surface area contributed by atoms with Gasteiger partial charge in [0, 0.05) is 12.1 Å². The molecule has 3 nitrogen and oxygen atoms in total. The Morgan fingerprint density at radius 3 is 1.62 bits per heavy atom. The van der Waals surface area contributed by atoms with E-state index in [-0.39, 0.29) is 0 Å². The van der Waals surface area contributed by atoms with Crippen molar-refractivity contribution in [3.63, 3.8) is 0 Å². The average molecular weight is 341 g/mol. The highest BCUT2D eigenvalue weighted by atomic mass is 28.5. The zero-order chi connectivity index (χ0) is 16.3. The second-order valence-electron chi connectivity index (χ2n) is 7.18. The third-order valence-corrected chi connectivity index (χ3v) is 10.9. The van der Waals surface area contributed by atoms with Gasteiger partial charge in [-0.2, -0.15) is 0 Å². The van der Waals surface area contributed by atoms with Gasteiger partial charge in [-0.25, -0.2) is 0 Å². The summed E-state index contributed by atoms with van der Waals surface area (Å²) in [6.07, 6.45) is 0. The Hall–Kier alpha value is -0.669. The van der Waals surface area contributed by atoms with Gasteiger partial charge in [-0.05, 0) is 39.3 Å². The minimum atomic E-state index is -2.74. The summed E-state index contributed by atoms with van der Waals surface area (Å²) in [5.74, 6) is 0.626. The Morgan fingerprint density at radius 2 is 1.24 bits per heavy atom. The molecule has 0 heterocycles. The molecule has 0 amide bonds. The SMILES string of the molecule is C=C(O[Si](C)(O[Si](C)(C)C)O[Si](C)(C)C)c1ccccc1. The molecule has 0 aliphatic carbocycles. The molecule has 1 rings (SSSR count). The van der Waals surface area contributed by atoms with Crippen LogP contribution < -0.4 is 0 Å². The van der Waals surface area contributed by atoms with E-state index < -0.39 is 25.4 Å². The summed E-state index contributed by atoms with van der Waals surface area (Å²) in [5, 5.41) is 0. The molecule has 0 spiro atoms. The lowest BCUT2D eigenvalue weighted by Crippen LogP contribution is -2.54. The highest BCUT2D eigenvalue weighted by Crippen LogP contribution is 2.26. The summed E-state index contributed by atoms with van der Waals surface area (Å²) >= 11 is 0. The first-order valence-corrected chi connectivity index (χ1v) is 16.3. The summed E-state index contributed by atoms with van der Waals surface area (Å²) in [6, 6.07) is 9.90. The number of hydrogen-bond acceptors (Lipinski definition) is 3. The van der Waals surface area contributed by atoms with E-state index in [1.54, 1.807) is 0 Å². The first-order chi connectivity index (χ1) is 9.40. The molecule has 0 aliphatic heterocycles. The number of hydrogen-bond donors (Lipinski definition) is 0. The van der Waals surface area contributed by atoms with Gasteiger partial charge in [-0.3, -0.25) is 0 Å². The van der Waals surface area contributed by atoms with Crippen LogP contribution in [0.4, 0.5) is 0 Å². The topological polar surface area (TPSA) is 27.7 Å². The van der Waals surface area contributed by atoms with Gasteiger partial charge in [0.2, 0.25) is 0 Å². The molecule has 0 atom stereocenters. The van der Waals surface area contributed by atoms with Crippen molar-refractivity contribution in [2.45, 2.75) is 45.8 Å². The van der Waals surface area contributed by atoms with Crippen LogP contribution in [0.25, 0.3) is 5.76 Å². The molecule has 1 aromatic carbocycles. The molecule has 0 saturated carbocycles. The predicted octanol–water partition coefficient (Wildman–Crippen LogP) is 4.95. The Bertz CT molecular complexity index is 459. The lowest BCUT2D eigenvalue weighted by Gasteiger charge is -2.37. The van der Waals surface area contributed by atoms with Crippen LogP contribution in [0.5, 0.6) is 0 Å². The zero-order valence-electron chi connectivity index (χ0n) is 14.3. The molecule has 6 heteroatoms. The van der Waals surface area contributed by atoms with E-state index in [2.05, 4.69) is 45.9 Å². The molecular weight excluding hydrogens is 312 g/mol. The van der Waals surface area contributed by atoms with Crippen LogP contribution in [0, 0.1) is 0 Å². The molecule has 0 unspecified atom stereocenters. The van der Waals surface area contributed by atoms with Crippen LogP contribution in [-0.4, -0.2) is 25.4 Å². The minimum Gasteiger partial charge on any atom is -0.502 e. The van der Waals surface area contributed by atoms with E-state index in [9.17, 15) is 0 Å². The van der Waals surface area contributed by atoms with Crippen LogP contribution in [0.1, 0.15) is 5.56 Å². The normalized spacial score (nSPS) is 13.1. The summed E-state index contributed by atoms with van der Waals surface area (Å²) in [6.45, 7) is 19.0. The van der Waals surface area contributed by atoms with Crippen molar-refractivity contribution in [1.29, 1.82) is 0 Å². The van der Waals surface area contributed by atoms with Crippen LogP contribution >= 0.6 is 0 Å². The van der Waals surface area contributed by atoms with Gasteiger partial charge in [0.05, 0.1) is 0 Å². The van der Waals surface area contributed by atoms with E-state index in [1.807, 2.05) is 36.9 Å². The van der Waals surface area contributed by atoms with E-state index in [1.165, 1.54) is 0 Å². The predicted molar refractivity (Wildman–Crippen MR) is 97.0 cm³/mol. The zero-order valence-corrected chi connectivity index (χ0v) is 17.3. The minimum absolute atomic E-state index is 0.626. The summed E-state index contributed by atoms with van der Waals surface area (Å²) in [5.41, 5.74) is 0.967. The highest BCUT2D eigenvalue weighted by molar-refractivity contribution is 6.85. The van der Waals surface area contributed by atoms with Gasteiger partial charge in [-0.1, -0.05) is 36.9 Å². The summed E-state index contributed by atoms with van der Waals surface area (Å²) in [7, 11) is -6.28. The quantitative estimate of drug-likeness (QED) is 0.519. The summed E-state index contributed by atoms with van der Waals surface area (Å²) < 4.78 is 18.7. The molecule has 0 saturated heterocycles. The van der Waals surface area contributed by atoms with E-state index in [0.717, 1.165) is 5.56 Å². The van der Waals surface area contributed by atoms with Crippen molar-refractivity contribution in [1.82, 2.24) is 0 Å². The molecule has 118 valence electrons.